The minimum absolute atomic E-state index is 0.0204. The van der Waals surface area contributed by atoms with Crippen LogP contribution < -0.4 is 4.90 Å². The highest BCUT2D eigenvalue weighted by molar-refractivity contribution is 7.89. The summed E-state index contributed by atoms with van der Waals surface area (Å²) in [4.78, 5) is 9.48. The molecule has 2 aromatic carbocycles. The summed E-state index contributed by atoms with van der Waals surface area (Å²) in [7, 11) is -3.64. The molecule has 2 aliphatic heterocycles. The molecule has 37 heavy (non-hydrogen) atoms. The van der Waals surface area contributed by atoms with Gasteiger partial charge in [0, 0.05) is 67.3 Å². The van der Waals surface area contributed by atoms with E-state index in [0.717, 1.165) is 81.4 Å². The monoisotopic (exact) mass is 535 g/mol. The van der Waals surface area contributed by atoms with Gasteiger partial charge in [-0.2, -0.15) is 8.68 Å². The van der Waals surface area contributed by atoms with Crippen LogP contribution >= 0.6 is 11.5 Å². The third-order valence-corrected chi connectivity index (χ3v) is 10.6. The maximum Gasteiger partial charge on any atom is 0.245 e. The molecule has 4 aromatic rings. The van der Waals surface area contributed by atoms with E-state index in [1.54, 1.807) is 22.0 Å². The van der Waals surface area contributed by atoms with Crippen LogP contribution in [0.1, 0.15) is 32.1 Å². The van der Waals surface area contributed by atoms with E-state index in [2.05, 4.69) is 39.0 Å². The second-order valence-electron chi connectivity index (χ2n) is 10.1. The Kier molecular flexibility index (Phi) is 7.12. The second kappa shape index (κ2) is 10.6. The highest BCUT2D eigenvalue weighted by atomic mass is 32.2. The molecular formula is C28H33N5O2S2. The van der Waals surface area contributed by atoms with Crippen LogP contribution in [-0.4, -0.2) is 72.3 Å². The molecule has 0 N–H and O–H groups in total. The number of pyridine rings is 1. The van der Waals surface area contributed by atoms with E-state index in [-0.39, 0.29) is 6.04 Å². The van der Waals surface area contributed by atoms with Crippen molar-refractivity contribution in [1.29, 1.82) is 0 Å². The lowest BCUT2D eigenvalue weighted by atomic mass is 10.1. The van der Waals surface area contributed by atoms with Crippen molar-refractivity contribution in [3.05, 3.63) is 60.9 Å². The Balaban J connectivity index is 1.14. The van der Waals surface area contributed by atoms with Gasteiger partial charge in [-0.1, -0.05) is 49.2 Å². The molecule has 4 heterocycles. The number of hydrogen-bond donors (Lipinski definition) is 0. The molecule has 1 atom stereocenters. The predicted molar refractivity (Wildman–Crippen MR) is 151 cm³/mol. The first-order chi connectivity index (χ1) is 18.1. The van der Waals surface area contributed by atoms with Gasteiger partial charge in [0.15, 0.2) is 0 Å². The van der Waals surface area contributed by atoms with E-state index in [9.17, 15) is 8.42 Å². The van der Waals surface area contributed by atoms with Crippen molar-refractivity contribution in [3.8, 4) is 0 Å². The maximum absolute atomic E-state index is 14.0. The predicted octanol–water partition coefficient (Wildman–Crippen LogP) is 4.99. The zero-order valence-electron chi connectivity index (χ0n) is 21.0. The highest BCUT2D eigenvalue weighted by Crippen LogP contribution is 2.32. The molecule has 0 radical (unpaired) electrons. The van der Waals surface area contributed by atoms with Gasteiger partial charge in [0.05, 0.1) is 4.70 Å². The summed E-state index contributed by atoms with van der Waals surface area (Å²) >= 11 is 1.57. The van der Waals surface area contributed by atoms with Crippen LogP contribution in [0.3, 0.4) is 0 Å². The fraction of sp³-hybridized carbons (Fsp3) is 0.429. The van der Waals surface area contributed by atoms with Crippen LogP contribution in [-0.2, 0) is 10.0 Å². The molecule has 0 unspecified atom stereocenters. The Morgan fingerprint density at radius 3 is 2.51 bits per heavy atom. The van der Waals surface area contributed by atoms with E-state index in [4.69, 9.17) is 4.37 Å². The number of hydrogen-bond acceptors (Lipinski definition) is 7. The van der Waals surface area contributed by atoms with Crippen LogP contribution in [0.2, 0.25) is 0 Å². The van der Waals surface area contributed by atoms with Gasteiger partial charge >= 0.3 is 0 Å². The molecule has 6 rings (SSSR count). The van der Waals surface area contributed by atoms with Gasteiger partial charge in [0.1, 0.15) is 10.7 Å². The number of piperazine rings is 1. The first-order valence-electron chi connectivity index (χ1n) is 13.3. The Bertz CT molecular complexity index is 1480. The molecule has 0 aliphatic carbocycles. The van der Waals surface area contributed by atoms with Gasteiger partial charge in [-0.25, -0.2) is 8.42 Å². The Hall–Kier alpha value is -2.59. The number of anilines is 1. The highest BCUT2D eigenvalue weighted by Gasteiger charge is 2.34. The molecule has 9 heteroatoms. The van der Waals surface area contributed by atoms with Crippen molar-refractivity contribution < 1.29 is 8.42 Å². The zero-order valence-corrected chi connectivity index (χ0v) is 22.6. The summed E-state index contributed by atoms with van der Waals surface area (Å²) in [6.45, 7) is 5.33. The van der Waals surface area contributed by atoms with Crippen LogP contribution in [0.25, 0.3) is 20.9 Å². The van der Waals surface area contributed by atoms with Gasteiger partial charge in [-0.15, -0.1) is 0 Å². The SMILES string of the molecule is O=S(=O)(c1cncc2ccccc12)N1CCCCC[C@@H]1CCN1CCN(c2nsc3ccccc23)CC1. The molecule has 0 spiro atoms. The third kappa shape index (κ3) is 4.97. The molecule has 0 amide bonds. The summed E-state index contributed by atoms with van der Waals surface area (Å²) in [5, 5.41) is 2.86. The van der Waals surface area contributed by atoms with E-state index in [1.165, 1.54) is 16.3 Å². The Morgan fingerprint density at radius 1 is 0.865 bits per heavy atom. The van der Waals surface area contributed by atoms with Crippen molar-refractivity contribution in [2.75, 3.05) is 44.2 Å². The lowest BCUT2D eigenvalue weighted by molar-refractivity contribution is 0.218. The molecule has 2 fully saturated rings. The molecule has 2 aliphatic rings. The molecule has 0 saturated carbocycles. The van der Waals surface area contributed by atoms with Crippen LogP contribution in [0.5, 0.6) is 0 Å². The lowest BCUT2D eigenvalue weighted by Gasteiger charge is -2.36. The van der Waals surface area contributed by atoms with Crippen molar-refractivity contribution in [1.82, 2.24) is 18.6 Å². The van der Waals surface area contributed by atoms with E-state index in [1.807, 2.05) is 24.3 Å². The number of sulfonamides is 1. The zero-order chi connectivity index (χ0) is 25.2. The number of fused-ring (bicyclic) bond motifs is 2. The van der Waals surface area contributed by atoms with Gasteiger partial charge in [0.2, 0.25) is 10.0 Å². The molecule has 0 bridgehead atoms. The number of nitrogens with zero attached hydrogens (tertiary/aromatic N) is 5. The molecule has 7 nitrogen and oxygen atoms in total. The summed E-state index contributed by atoms with van der Waals surface area (Å²) < 4.78 is 35.7. The summed E-state index contributed by atoms with van der Waals surface area (Å²) in [6, 6.07) is 16.1. The van der Waals surface area contributed by atoms with Gasteiger partial charge in [0.25, 0.3) is 0 Å². The summed E-state index contributed by atoms with van der Waals surface area (Å²) in [5.41, 5.74) is 0. The number of aromatic nitrogens is 2. The van der Waals surface area contributed by atoms with Crippen molar-refractivity contribution >= 4 is 48.2 Å². The van der Waals surface area contributed by atoms with Gasteiger partial charge in [-0.3, -0.25) is 9.88 Å². The molecular weight excluding hydrogens is 502 g/mol. The van der Waals surface area contributed by atoms with E-state index < -0.39 is 10.0 Å². The van der Waals surface area contributed by atoms with Crippen LogP contribution in [0.15, 0.2) is 65.8 Å². The second-order valence-corrected chi connectivity index (χ2v) is 12.8. The minimum atomic E-state index is -3.64. The van der Waals surface area contributed by atoms with Gasteiger partial charge in [-0.05, 0) is 49.5 Å². The summed E-state index contributed by atoms with van der Waals surface area (Å²) in [5.74, 6) is 1.10. The largest absolute Gasteiger partial charge is 0.353 e. The molecule has 2 aromatic heterocycles. The van der Waals surface area contributed by atoms with Crippen molar-refractivity contribution in [3.63, 3.8) is 0 Å². The van der Waals surface area contributed by atoms with E-state index in [0.29, 0.717) is 11.4 Å². The maximum atomic E-state index is 14.0. The average molecular weight is 536 g/mol. The fourth-order valence-electron chi connectivity index (χ4n) is 5.79. The molecule has 2 saturated heterocycles. The lowest BCUT2D eigenvalue weighted by Crippen LogP contribution is -2.48. The number of benzene rings is 2. The number of rotatable bonds is 6. The third-order valence-electron chi connectivity index (χ3n) is 7.85. The van der Waals surface area contributed by atoms with E-state index >= 15 is 0 Å². The van der Waals surface area contributed by atoms with Crippen LogP contribution in [0.4, 0.5) is 5.82 Å². The standard InChI is InChI=1S/C28H33N5O2S2/c34-37(35,27-21-29-20-22-8-3-4-10-24(22)27)33-14-7-1-2-9-23(33)13-15-31-16-18-32(19-17-31)28-25-11-5-6-12-26(25)36-30-28/h3-6,8,10-12,20-21,23H,1-2,7,9,13-19H2/t23-/m1/s1. The fourth-order valence-corrected chi connectivity index (χ4v) is 8.47. The first-order valence-corrected chi connectivity index (χ1v) is 15.5. The van der Waals surface area contributed by atoms with Crippen molar-refractivity contribution in [2.45, 2.75) is 43.0 Å². The Labute approximate surface area is 222 Å². The van der Waals surface area contributed by atoms with Crippen molar-refractivity contribution in [2.24, 2.45) is 0 Å². The normalized spacial score (nSPS) is 20.4. The average Bonchev–Trinajstić information content (AvgIpc) is 3.21. The quantitative estimate of drug-likeness (QED) is 0.347. The van der Waals surface area contributed by atoms with Crippen LogP contribution in [0, 0.1) is 0 Å². The topological polar surface area (TPSA) is 69.6 Å². The smallest absolute Gasteiger partial charge is 0.245 e. The minimum Gasteiger partial charge on any atom is -0.353 e. The Morgan fingerprint density at radius 2 is 1.65 bits per heavy atom. The van der Waals surface area contributed by atoms with Gasteiger partial charge < -0.3 is 4.90 Å². The first kappa shape index (κ1) is 24.7. The molecule has 194 valence electrons. The summed E-state index contributed by atoms with van der Waals surface area (Å²) in [6.07, 6.45) is 8.11.